The smallest absolute Gasteiger partial charge is 0.157 e. The van der Waals surface area contributed by atoms with E-state index in [0.717, 1.165) is 59.5 Å². The van der Waals surface area contributed by atoms with E-state index in [4.69, 9.17) is 0 Å². The van der Waals surface area contributed by atoms with Gasteiger partial charge in [-0.1, -0.05) is 12.1 Å². The highest BCUT2D eigenvalue weighted by Crippen LogP contribution is 2.34. The van der Waals surface area contributed by atoms with E-state index in [0.29, 0.717) is 16.9 Å². The zero-order chi connectivity index (χ0) is 22.8. The molecule has 2 heterocycles. The van der Waals surface area contributed by atoms with Crippen LogP contribution in [0.3, 0.4) is 0 Å². The Morgan fingerprint density at radius 2 is 1.88 bits per heavy atom. The average Bonchev–Trinajstić information content (AvgIpc) is 2.80. The Bertz CT molecular complexity index is 1180. The van der Waals surface area contributed by atoms with Crippen molar-refractivity contribution in [1.82, 2.24) is 15.1 Å². The Labute approximate surface area is 188 Å². The van der Waals surface area contributed by atoms with Crippen LogP contribution >= 0.6 is 0 Å². The monoisotopic (exact) mass is 432 g/mol. The van der Waals surface area contributed by atoms with Gasteiger partial charge in [-0.25, -0.2) is 4.39 Å². The lowest BCUT2D eigenvalue weighted by molar-refractivity contribution is 0.312. The van der Waals surface area contributed by atoms with E-state index in [2.05, 4.69) is 44.5 Å². The number of benzene rings is 2. The number of nitriles is 1. The number of alkyl halides is 1. The summed E-state index contributed by atoms with van der Waals surface area (Å²) in [6.07, 6.45) is 0. The maximum Gasteiger partial charge on any atom is 0.157 e. The van der Waals surface area contributed by atoms with Crippen LogP contribution in [0.4, 0.5) is 15.9 Å². The number of nitrogens with one attached hydrogen (secondary N) is 1. The van der Waals surface area contributed by atoms with Crippen LogP contribution in [0.15, 0.2) is 30.3 Å². The molecule has 1 atom stereocenters. The van der Waals surface area contributed by atoms with Crippen molar-refractivity contribution < 1.29 is 4.39 Å². The number of aryl methyl sites for hydroxylation is 1. The Morgan fingerprint density at radius 1 is 1.12 bits per heavy atom. The molecule has 0 radical (unpaired) electrons. The summed E-state index contributed by atoms with van der Waals surface area (Å²) in [6.45, 7) is 9.04. The molecular weight excluding hydrogens is 403 g/mol. The largest absolute Gasteiger partial charge is 0.369 e. The average molecular weight is 433 g/mol. The number of aromatic nitrogens is 2. The minimum atomic E-state index is -0.515. The SMILES string of the molecule is Cc1c(C#N)cccc1[C@@H](C)Nc1nnc(C)c2cc(CF)c(N3CCN(C)CC3)cc12. The van der Waals surface area contributed by atoms with Crippen molar-refractivity contribution in [1.29, 1.82) is 5.26 Å². The van der Waals surface area contributed by atoms with Crippen molar-refractivity contribution in [2.45, 2.75) is 33.5 Å². The first-order chi connectivity index (χ1) is 15.4. The van der Waals surface area contributed by atoms with E-state index in [1.54, 1.807) is 0 Å². The molecule has 0 amide bonds. The van der Waals surface area contributed by atoms with Crippen molar-refractivity contribution in [2.24, 2.45) is 0 Å². The predicted octanol–water partition coefficient (Wildman–Crippen LogP) is 4.51. The van der Waals surface area contributed by atoms with Gasteiger partial charge in [0.15, 0.2) is 5.82 Å². The topological polar surface area (TPSA) is 68.1 Å². The molecule has 1 N–H and O–H groups in total. The van der Waals surface area contributed by atoms with Gasteiger partial charge in [0.05, 0.1) is 23.4 Å². The molecule has 0 unspecified atom stereocenters. The van der Waals surface area contributed by atoms with Gasteiger partial charge in [-0.15, -0.1) is 5.10 Å². The first-order valence-electron chi connectivity index (χ1n) is 11.0. The van der Waals surface area contributed by atoms with Crippen molar-refractivity contribution in [3.05, 3.63) is 58.3 Å². The van der Waals surface area contributed by atoms with E-state index in [1.165, 1.54) is 0 Å². The first-order valence-corrected chi connectivity index (χ1v) is 11.0. The highest BCUT2D eigenvalue weighted by Gasteiger charge is 2.21. The third-order valence-corrected chi connectivity index (χ3v) is 6.47. The second kappa shape index (κ2) is 9.09. The molecule has 2 aromatic carbocycles. The molecule has 6 nitrogen and oxygen atoms in total. The lowest BCUT2D eigenvalue weighted by Crippen LogP contribution is -2.44. The van der Waals surface area contributed by atoms with Crippen molar-refractivity contribution in [3.8, 4) is 6.07 Å². The van der Waals surface area contributed by atoms with Crippen LogP contribution in [0.25, 0.3) is 10.8 Å². The minimum absolute atomic E-state index is 0.0727. The van der Waals surface area contributed by atoms with Crippen LogP contribution in [-0.4, -0.2) is 48.3 Å². The van der Waals surface area contributed by atoms with Gasteiger partial charge in [0.1, 0.15) is 6.67 Å². The van der Waals surface area contributed by atoms with E-state index >= 15 is 0 Å². The zero-order valence-electron chi connectivity index (χ0n) is 19.1. The predicted molar refractivity (Wildman–Crippen MR) is 127 cm³/mol. The summed E-state index contributed by atoms with van der Waals surface area (Å²) in [7, 11) is 2.11. The molecule has 0 saturated carbocycles. The standard InChI is InChI=1S/C25H29FN6/c1-16-19(15-27)6-5-7-21(16)17(2)28-25-23-13-24(32-10-8-31(4)9-11-32)20(14-26)12-22(23)18(3)29-30-25/h5-7,12-13,17H,8-11,14H2,1-4H3,(H,28,30)/t17-/m1/s1. The molecule has 1 saturated heterocycles. The van der Waals surface area contributed by atoms with Crippen LogP contribution in [0.1, 0.15) is 40.9 Å². The minimum Gasteiger partial charge on any atom is -0.369 e. The van der Waals surface area contributed by atoms with E-state index in [9.17, 15) is 9.65 Å². The summed E-state index contributed by atoms with van der Waals surface area (Å²) in [5, 5.41) is 23.5. The number of hydrogen-bond acceptors (Lipinski definition) is 6. The van der Waals surface area contributed by atoms with Gasteiger partial charge in [-0.3, -0.25) is 0 Å². The van der Waals surface area contributed by atoms with Gasteiger partial charge >= 0.3 is 0 Å². The van der Waals surface area contributed by atoms with Gasteiger partial charge in [-0.05, 0) is 57.1 Å². The molecule has 7 heteroatoms. The number of nitrogens with zero attached hydrogens (tertiary/aromatic N) is 5. The molecule has 1 aliphatic rings. The van der Waals surface area contributed by atoms with Crippen LogP contribution in [0.2, 0.25) is 0 Å². The Balaban J connectivity index is 1.76. The third kappa shape index (κ3) is 4.11. The van der Waals surface area contributed by atoms with Gasteiger partial charge in [0.25, 0.3) is 0 Å². The Hall–Kier alpha value is -3.24. The third-order valence-electron chi connectivity index (χ3n) is 6.47. The second-order valence-electron chi connectivity index (χ2n) is 8.58. The fourth-order valence-corrected chi connectivity index (χ4v) is 4.44. The van der Waals surface area contributed by atoms with Crippen molar-refractivity contribution in [2.75, 3.05) is 43.4 Å². The summed E-state index contributed by atoms with van der Waals surface area (Å²) in [5.74, 6) is 0.667. The molecule has 166 valence electrons. The highest BCUT2D eigenvalue weighted by atomic mass is 19.1. The summed E-state index contributed by atoms with van der Waals surface area (Å²) < 4.78 is 14.0. The van der Waals surface area contributed by atoms with Crippen LogP contribution in [0.5, 0.6) is 0 Å². The highest BCUT2D eigenvalue weighted by molar-refractivity contribution is 5.96. The quantitative estimate of drug-likeness (QED) is 0.640. The number of piperazine rings is 1. The molecule has 0 bridgehead atoms. The number of fused-ring (bicyclic) bond motifs is 1. The number of rotatable bonds is 5. The molecule has 0 aliphatic carbocycles. The second-order valence-corrected chi connectivity index (χ2v) is 8.58. The van der Waals surface area contributed by atoms with E-state index in [1.807, 2.05) is 45.0 Å². The summed E-state index contributed by atoms with van der Waals surface area (Å²) in [5.41, 5.74) is 5.06. The molecule has 1 aliphatic heterocycles. The normalized spacial score (nSPS) is 15.6. The number of anilines is 2. The summed E-state index contributed by atoms with van der Waals surface area (Å²) >= 11 is 0. The molecule has 1 fully saturated rings. The van der Waals surface area contributed by atoms with E-state index in [-0.39, 0.29) is 6.04 Å². The van der Waals surface area contributed by atoms with Crippen LogP contribution in [0, 0.1) is 25.2 Å². The number of hydrogen-bond donors (Lipinski definition) is 1. The summed E-state index contributed by atoms with van der Waals surface area (Å²) in [6, 6.07) is 11.9. The molecule has 1 aromatic heterocycles. The van der Waals surface area contributed by atoms with Gasteiger partial charge in [0, 0.05) is 48.2 Å². The van der Waals surface area contributed by atoms with E-state index < -0.39 is 6.67 Å². The Kier molecular flexibility index (Phi) is 6.24. The first kappa shape index (κ1) is 22.0. The lowest BCUT2D eigenvalue weighted by atomic mass is 9.98. The summed E-state index contributed by atoms with van der Waals surface area (Å²) in [4.78, 5) is 4.55. The lowest BCUT2D eigenvalue weighted by Gasteiger charge is -2.35. The van der Waals surface area contributed by atoms with Crippen molar-refractivity contribution >= 4 is 22.3 Å². The Morgan fingerprint density at radius 3 is 2.56 bits per heavy atom. The maximum atomic E-state index is 14.0. The molecule has 3 aromatic rings. The molecule has 4 rings (SSSR count). The molecule has 32 heavy (non-hydrogen) atoms. The fourth-order valence-electron chi connectivity index (χ4n) is 4.44. The van der Waals surface area contributed by atoms with Crippen LogP contribution < -0.4 is 10.2 Å². The van der Waals surface area contributed by atoms with Gasteiger partial charge in [0.2, 0.25) is 0 Å². The fraction of sp³-hybridized carbons (Fsp3) is 0.400. The number of likely N-dealkylation sites (N-methyl/N-ethyl adjacent to an activating group) is 1. The van der Waals surface area contributed by atoms with Crippen LogP contribution in [-0.2, 0) is 6.67 Å². The molecular formula is C25H29FN6. The zero-order valence-corrected chi connectivity index (χ0v) is 19.1. The van der Waals surface area contributed by atoms with Crippen molar-refractivity contribution in [3.63, 3.8) is 0 Å². The van der Waals surface area contributed by atoms with Gasteiger partial charge in [-0.2, -0.15) is 10.4 Å². The molecule has 0 spiro atoms. The number of halogens is 1. The maximum absolute atomic E-state index is 14.0. The van der Waals surface area contributed by atoms with Gasteiger partial charge < -0.3 is 15.1 Å².